The van der Waals surface area contributed by atoms with Gasteiger partial charge in [-0.05, 0) is 32.7 Å². The lowest BCUT2D eigenvalue weighted by Gasteiger charge is -2.22. The topological polar surface area (TPSA) is 61.5 Å². The number of aromatic nitrogens is 2. The van der Waals surface area contributed by atoms with Gasteiger partial charge in [-0.25, -0.2) is 0 Å². The fraction of sp³-hybridized carbons (Fsp3) is 0.750. The van der Waals surface area contributed by atoms with Crippen molar-refractivity contribution in [1.29, 1.82) is 0 Å². The molecule has 1 aliphatic heterocycles. The van der Waals surface area contributed by atoms with Gasteiger partial charge < -0.3 is 14.5 Å². The largest absolute Gasteiger partial charge is 0.383 e. The number of nitrogens with zero attached hydrogens (tertiary/aromatic N) is 3. The van der Waals surface area contributed by atoms with Crippen molar-refractivity contribution in [2.75, 3.05) is 46.9 Å². The minimum Gasteiger partial charge on any atom is -0.383 e. The Morgan fingerprint density at radius 3 is 2.91 bits per heavy atom. The van der Waals surface area contributed by atoms with Crippen molar-refractivity contribution in [3.63, 3.8) is 0 Å². The summed E-state index contributed by atoms with van der Waals surface area (Å²) in [6, 6.07) is 0. The van der Waals surface area contributed by atoms with E-state index in [1.165, 1.54) is 0 Å². The second kappa shape index (κ2) is 7.74. The normalized spacial score (nSPS) is 18.8. The summed E-state index contributed by atoms with van der Waals surface area (Å²) in [5, 5.41) is 7.10. The fourth-order valence-corrected chi connectivity index (χ4v) is 3.10. The van der Waals surface area contributed by atoms with Crippen LogP contribution in [0, 0.1) is 19.8 Å². The first-order valence-corrected chi connectivity index (χ1v) is 7.97. The number of aromatic amines is 1. The number of carbonyl (C=O) groups is 1. The SMILES string of the molecule is COCCN1CC[C@H](CN(C)C(=O)Cc2c(C)n[nH]c2C)C1. The molecule has 0 aliphatic carbocycles. The number of carbonyl (C=O) groups excluding carboxylic acids is 1. The van der Waals surface area contributed by atoms with Crippen LogP contribution in [0.1, 0.15) is 23.4 Å². The Kier molecular flexibility index (Phi) is 5.97. The standard InChI is InChI=1S/C16H28N4O2/c1-12-15(13(2)18-17-12)9-16(21)19(3)10-14-5-6-20(11-14)7-8-22-4/h14H,5-11H2,1-4H3,(H,17,18)/t14-/m1/s1. The summed E-state index contributed by atoms with van der Waals surface area (Å²) in [6.45, 7) is 8.67. The predicted molar refractivity (Wildman–Crippen MR) is 85.8 cm³/mol. The number of amides is 1. The van der Waals surface area contributed by atoms with Gasteiger partial charge in [-0.15, -0.1) is 0 Å². The van der Waals surface area contributed by atoms with Crippen molar-refractivity contribution in [3.8, 4) is 0 Å². The molecular weight excluding hydrogens is 280 g/mol. The first-order valence-electron chi connectivity index (χ1n) is 7.97. The van der Waals surface area contributed by atoms with Crippen molar-refractivity contribution in [2.24, 2.45) is 5.92 Å². The van der Waals surface area contributed by atoms with Crippen LogP contribution in [0.4, 0.5) is 0 Å². The number of hydrogen-bond acceptors (Lipinski definition) is 4. The molecule has 6 heteroatoms. The number of H-pyrrole nitrogens is 1. The van der Waals surface area contributed by atoms with Crippen molar-refractivity contribution in [1.82, 2.24) is 20.0 Å². The van der Waals surface area contributed by atoms with Gasteiger partial charge in [0.2, 0.25) is 5.91 Å². The third kappa shape index (κ3) is 4.30. The van der Waals surface area contributed by atoms with E-state index in [2.05, 4.69) is 15.1 Å². The van der Waals surface area contributed by atoms with E-state index in [0.717, 1.165) is 56.2 Å². The molecule has 1 saturated heterocycles. The summed E-state index contributed by atoms with van der Waals surface area (Å²) in [4.78, 5) is 16.7. The first kappa shape index (κ1) is 17.0. The number of rotatable bonds is 7. The third-order valence-corrected chi connectivity index (χ3v) is 4.55. The van der Waals surface area contributed by atoms with Crippen LogP contribution in [0.25, 0.3) is 0 Å². The van der Waals surface area contributed by atoms with Gasteiger partial charge in [-0.1, -0.05) is 0 Å². The Labute approximate surface area is 132 Å². The molecular formula is C16H28N4O2. The molecule has 1 amide bonds. The highest BCUT2D eigenvalue weighted by Gasteiger charge is 2.25. The van der Waals surface area contributed by atoms with E-state index < -0.39 is 0 Å². The first-order chi connectivity index (χ1) is 10.5. The molecule has 0 aromatic carbocycles. The summed E-state index contributed by atoms with van der Waals surface area (Å²) >= 11 is 0. The molecule has 6 nitrogen and oxygen atoms in total. The van der Waals surface area contributed by atoms with Gasteiger partial charge >= 0.3 is 0 Å². The van der Waals surface area contributed by atoms with Crippen LogP contribution in [-0.2, 0) is 16.0 Å². The van der Waals surface area contributed by atoms with Crippen molar-refractivity contribution in [2.45, 2.75) is 26.7 Å². The van der Waals surface area contributed by atoms with E-state index in [1.54, 1.807) is 7.11 Å². The molecule has 1 aromatic rings. The van der Waals surface area contributed by atoms with E-state index in [4.69, 9.17) is 4.74 Å². The molecule has 124 valence electrons. The van der Waals surface area contributed by atoms with Crippen molar-refractivity contribution >= 4 is 5.91 Å². The van der Waals surface area contributed by atoms with E-state index in [-0.39, 0.29) is 5.91 Å². The molecule has 2 heterocycles. The summed E-state index contributed by atoms with van der Waals surface area (Å²) in [7, 11) is 3.64. The minimum absolute atomic E-state index is 0.169. The highest BCUT2D eigenvalue weighted by molar-refractivity contribution is 5.79. The number of nitrogens with one attached hydrogen (secondary N) is 1. The van der Waals surface area contributed by atoms with Crippen LogP contribution in [0.2, 0.25) is 0 Å². The molecule has 22 heavy (non-hydrogen) atoms. The van der Waals surface area contributed by atoms with Crippen LogP contribution in [0.5, 0.6) is 0 Å². The Bertz CT molecular complexity index is 481. The quantitative estimate of drug-likeness (QED) is 0.816. The highest BCUT2D eigenvalue weighted by Crippen LogP contribution is 2.18. The summed E-state index contributed by atoms with van der Waals surface area (Å²) in [5.74, 6) is 0.736. The van der Waals surface area contributed by atoms with E-state index in [9.17, 15) is 4.79 Å². The maximum Gasteiger partial charge on any atom is 0.226 e. The number of ether oxygens (including phenoxy) is 1. The molecule has 1 N–H and O–H groups in total. The van der Waals surface area contributed by atoms with Crippen molar-refractivity contribution in [3.05, 3.63) is 17.0 Å². The Morgan fingerprint density at radius 2 is 2.27 bits per heavy atom. The molecule has 0 unspecified atom stereocenters. The Hall–Kier alpha value is -1.40. The van der Waals surface area contributed by atoms with Crippen LogP contribution in [0.3, 0.4) is 0 Å². The average Bonchev–Trinajstić information content (AvgIpc) is 3.06. The zero-order chi connectivity index (χ0) is 16.1. The zero-order valence-electron chi connectivity index (χ0n) is 14.2. The minimum atomic E-state index is 0.169. The molecule has 0 spiro atoms. The Morgan fingerprint density at radius 1 is 1.50 bits per heavy atom. The molecule has 1 fully saturated rings. The van der Waals surface area contributed by atoms with Gasteiger partial charge in [-0.2, -0.15) is 5.10 Å². The lowest BCUT2D eigenvalue weighted by Crippen LogP contribution is -2.34. The van der Waals surface area contributed by atoms with E-state index in [0.29, 0.717) is 12.3 Å². The second-order valence-electron chi connectivity index (χ2n) is 6.31. The molecule has 1 atom stereocenters. The van der Waals surface area contributed by atoms with Crippen LogP contribution in [0.15, 0.2) is 0 Å². The number of likely N-dealkylation sites (tertiary alicyclic amines) is 1. The molecule has 0 saturated carbocycles. The van der Waals surface area contributed by atoms with Gasteiger partial charge in [-0.3, -0.25) is 9.89 Å². The number of methoxy groups -OCH3 is 1. The molecule has 2 rings (SSSR count). The second-order valence-corrected chi connectivity index (χ2v) is 6.31. The van der Waals surface area contributed by atoms with Gasteiger partial charge in [0.15, 0.2) is 0 Å². The predicted octanol–water partition coefficient (Wildman–Crippen LogP) is 0.996. The highest BCUT2D eigenvalue weighted by atomic mass is 16.5. The Balaban J connectivity index is 1.80. The number of aryl methyl sites for hydroxylation is 2. The molecule has 0 radical (unpaired) electrons. The van der Waals surface area contributed by atoms with Crippen LogP contribution < -0.4 is 0 Å². The monoisotopic (exact) mass is 308 g/mol. The van der Waals surface area contributed by atoms with E-state index in [1.807, 2.05) is 25.8 Å². The fourth-order valence-electron chi connectivity index (χ4n) is 3.10. The third-order valence-electron chi connectivity index (χ3n) is 4.55. The summed E-state index contributed by atoms with van der Waals surface area (Å²) in [5.41, 5.74) is 2.95. The smallest absolute Gasteiger partial charge is 0.226 e. The lowest BCUT2D eigenvalue weighted by atomic mass is 10.1. The maximum atomic E-state index is 12.4. The van der Waals surface area contributed by atoms with Crippen LogP contribution >= 0.6 is 0 Å². The van der Waals surface area contributed by atoms with Crippen LogP contribution in [-0.4, -0.2) is 72.8 Å². The number of hydrogen-bond donors (Lipinski definition) is 1. The molecule has 1 aromatic heterocycles. The van der Waals surface area contributed by atoms with E-state index >= 15 is 0 Å². The average molecular weight is 308 g/mol. The van der Waals surface area contributed by atoms with Gasteiger partial charge in [0.25, 0.3) is 0 Å². The van der Waals surface area contributed by atoms with Gasteiger partial charge in [0.1, 0.15) is 0 Å². The lowest BCUT2D eigenvalue weighted by molar-refractivity contribution is -0.129. The van der Waals surface area contributed by atoms with Gasteiger partial charge in [0, 0.05) is 45.0 Å². The van der Waals surface area contributed by atoms with Gasteiger partial charge in [0.05, 0.1) is 18.7 Å². The number of likely N-dealkylation sites (N-methyl/N-ethyl adjacent to an activating group) is 1. The maximum absolute atomic E-state index is 12.4. The zero-order valence-corrected chi connectivity index (χ0v) is 14.2. The molecule has 1 aliphatic rings. The summed E-state index contributed by atoms with van der Waals surface area (Å²) < 4.78 is 5.12. The van der Waals surface area contributed by atoms with Crippen molar-refractivity contribution < 1.29 is 9.53 Å². The molecule has 0 bridgehead atoms. The summed E-state index contributed by atoms with van der Waals surface area (Å²) in [6.07, 6.45) is 1.59.